The van der Waals surface area contributed by atoms with Crippen LogP contribution in [0.15, 0.2) is 40.6 Å². The van der Waals surface area contributed by atoms with Crippen molar-refractivity contribution in [2.75, 3.05) is 10.2 Å². The average Bonchev–Trinajstić information content (AvgIpc) is 3.29. The molecule has 132 valence electrons. The average molecular weight is 370 g/mol. The largest absolute Gasteiger partial charge is 0.354 e. The summed E-state index contributed by atoms with van der Waals surface area (Å²) < 4.78 is 1.99. The lowest BCUT2D eigenvalue weighted by atomic mass is 10.2. The minimum atomic E-state index is -0.631. The van der Waals surface area contributed by atoms with Gasteiger partial charge in [-0.2, -0.15) is 9.67 Å². The van der Waals surface area contributed by atoms with Crippen molar-refractivity contribution in [2.24, 2.45) is 0 Å². The van der Waals surface area contributed by atoms with Crippen molar-refractivity contribution >= 4 is 34.1 Å². The first-order valence-corrected chi connectivity index (χ1v) is 8.67. The monoisotopic (exact) mass is 370 g/mol. The van der Waals surface area contributed by atoms with Crippen molar-refractivity contribution in [1.82, 2.24) is 19.3 Å². The van der Waals surface area contributed by atoms with Crippen LogP contribution in [0.2, 0.25) is 0 Å². The lowest BCUT2D eigenvalue weighted by Gasteiger charge is -2.14. The molecule has 0 spiro atoms. The summed E-state index contributed by atoms with van der Waals surface area (Å²) >= 11 is 1.27. The molecule has 2 amide bonds. The first-order chi connectivity index (χ1) is 12.5. The smallest absolute Gasteiger partial charge is 0.300 e. The molecule has 1 aliphatic rings. The second kappa shape index (κ2) is 6.23. The van der Waals surface area contributed by atoms with Crippen LogP contribution in [0.4, 0.5) is 15.6 Å². The van der Waals surface area contributed by atoms with Crippen LogP contribution < -0.4 is 15.9 Å². The lowest BCUT2D eigenvalue weighted by Crippen LogP contribution is -2.36. The lowest BCUT2D eigenvalue weighted by molar-refractivity contribution is -0.117. The van der Waals surface area contributed by atoms with Crippen LogP contribution in [-0.4, -0.2) is 31.3 Å². The van der Waals surface area contributed by atoms with Crippen molar-refractivity contribution in [3.8, 4) is 0 Å². The third-order valence-electron chi connectivity index (χ3n) is 3.95. The Kier molecular flexibility index (Phi) is 3.88. The number of fused-ring (bicyclic) bond motifs is 1. The Morgan fingerprint density at radius 3 is 2.69 bits per heavy atom. The van der Waals surface area contributed by atoms with E-state index < -0.39 is 17.6 Å². The molecule has 0 saturated carbocycles. The molecule has 1 aliphatic heterocycles. The molecule has 0 aliphatic carbocycles. The number of anilines is 2. The molecule has 3 heterocycles. The van der Waals surface area contributed by atoms with Crippen molar-refractivity contribution in [3.63, 3.8) is 0 Å². The maximum atomic E-state index is 12.6. The number of aryl methyl sites for hydroxylation is 1. The van der Waals surface area contributed by atoms with Gasteiger partial charge in [0.05, 0.1) is 6.54 Å². The van der Waals surface area contributed by atoms with Crippen LogP contribution in [0.3, 0.4) is 0 Å². The number of rotatable bonds is 4. The second-order valence-electron chi connectivity index (χ2n) is 5.78. The topological polar surface area (TPSA) is 102 Å². The number of thiazole rings is 1. The minimum Gasteiger partial charge on any atom is -0.300 e. The Bertz CT molecular complexity index is 1040. The van der Waals surface area contributed by atoms with Gasteiger partial charge in [-0.1, -0.05) is 17.7 Å². The van der Waals surface area contributed by atoms with E-state index in [1.54, 1.807) is 11.6 Å². The molecule has 0 bridgehead atoms. The van der Waals surface area contributed by atoms with Crippen LogP contribution in [-0.2, 0) is 17.9 Å². The first kappa shape index (κ1) is 16.2. The van der Waals surface area contributed by atoms with Crippen LogP contribution in [0.25, 0.3) is 0 Å². The highest BCUT2D eigenvalue weighted by atomic mass is 32.1. The van der Waals surface area contributed by atoms with E-state index in [-0.39, 0.29) is 13.1 Å². The molecule has 26 heavy (non-hydrogen) atoms. The molecule has 0 unspecified atom stereocenters. The van der Waals surface area contributed by atoms with Gasteiger partial charge in [-0.05, 0) is 19.1 Å². The molecule has 0 atom stereocenters. The Balaban J connectivity index is 1.53. The van der Waals surface area contributed by atoms with Gasteiger partial charge in [0.25, 0.3) is 0 Å². The van der Waals surface area contributed by atoms with Crippen molar-refractivity contribution in [1.29, 1.82) is 0 Å². The number of nitrogens with one attached hydrogen (secondary N) is 1. The predicted molar refractivity (Wildman–Crippen MR) is 95.4 cm³/mol. The van der Waals surface area contributed by atoms with E-state index in [0.717, 1.165) is 14.8 Å². The Morgan fingerprint density at radius 2 is 2.04 bits per heavy atom. The fourth-order valence-corrected chi connectivity index (χ4v) is 3.23. The predicted octanol–water partition coefficient (Wildman–Crippen LogP) is 1.44. The molecule has 4 rings (SSSR count). The molecule has 0 fully saturated rings. The second-order valence-corrected chi connectivity index (χ2v) is 6.68. The number of aromatic nitrogens is 4. The van der Waals surface area contributed by atoms with E-state index in [9.17, 15) is 14.4 Å². The number of benzene rings is 1. The van der Waals surface area contributed by atoms with Gasteiger partial charge in [-0.3, -0.25) is 9.69 Å². The standard InChI is InChI=1S/C16H14N6O3S/c1-10-2-4-11(5-3-10)20-8-12-19-21(16(25)22(12)15(20)24)9-13(23)18-14-17-6-7-26-14/h2-7H,8-9H2,1H3,(H,17,18,23). The Hall–Kier alpha value is -3.27. The molecular weight excluding hydrogens is 356 g/mol. The number of hydrogen-bond donors (Lipinski definition) is 1. The number of nitrogens with zero attached hydrogens (tertiary/aromatic N) is 5. The molecule has 1 N–H and O–H groups in total. The SMILES string of the molecule is Cc1ccc(N2Cc3nn(CC(=O)Nc4nccs4)c(=O)n3C2=O)cc1. The summed E-state index contributed by atoms with van der Waals surface area (Å²) in [4.78, 5) is 42.5. The van der Waals surface area contributed by atoms with E-state index >= 15 is 0 Å². The van der Waals surface area contributed by atoms with Gasteiger partial charge in [0.15, 0.2) is 11.0 Å². The molecular formula is C16H14N6O3S. The molecule has 9 nitrogen and oxygen atoms in total. The number of carbonyl (C=O) groups excluding carboxylic acids is 2. The van der Waals surface area contributed by atoms with E-state index in [2.05, 4.69) is 15.4 Å². The highest BCUT2D eigenvalue weighted by Crippen LogP contribution is 2.22. The van der Waals surface area contributed by atoms with E-state index in [0.29, 0.717) is 16.6 Å². The van der Waals surface area contributed by atoms with Crippen LogP contribution >= 0.6 is 11.3 Å². The zero-order valence-electron chi connectivity index (χ0n) is 13.7. The van der Waals surface area contributed by atoms with E-state index in [1.807, 2.05) is 31.2 Å². The van der Waals surface area contributed by atoms with Crippen molar-refractivity contribution < 1.29 is 9.59 Å². The number of amides is 2. The zero-order chi connectivity index (χ0) is 18.3. The summed E-state index contributed by atoms with van der Waals surface area (Å²) in [5.41, 5.74) is 1.14. The highest BCUT2D eigenvalue weighted by molar-refractivity contribution is 7.13. The van der Waals surface area contributed by atoms with Crippen LogP contribution in [0, 0.1) is 6.92 Å². The van der Waals surface area contributed by atoms with Crippen molar-refractivity contribution in [2.45, 2.75) is 20.0 Å². The van der Waals surface area contributed by atoms with Gasteiger partial charge >= 0.3 is 11.7 Å². The molecule has 2 aromatic heterocycles. The molecule has 1 aromatic carbocycles. The van der Waals surface area contributed by atoms with Gasteiger partial charge in [0.2, 0.25) is 5.91 Å². The van der Waals surface area contributed by atoms with Crippen molar-refractivity contribution in [3.05, 3.63) is 57.7 Å². The maximum Gasteiger partial charge on any atom is 0.354 e. The van der Waals surface area contributed by atoms with Gasteiger partial charge < -0.3 is 5.32 Å². The molecule has 0 saturated heterocycles. The summed E-state index contributed by atoms with van der Waals surface area (Å²) in [5, 5.41) is 8.88. The number of hydrogen-bond acceptors (Lipinski definition) is 6. The molecule has 0 radical (unpaired) electrons. The summed E-state index contributed by atoms with van der Waals surface area (Å²) in [5.74, 6) is -0.121. The van der Waals surface area contributed by atoms with Crippen LogP contribution in [0.1, 0.15) is 11.4 Å². The van der Waals surface area contributed by atoms with Gasteiger partial charge in [-0.15, -0.1) is 11.3 Å². The highest BCUT2D eigenvalue weighted by Gasteiger charge is 2.33. The molecule has 3 aromatic rings. The van der Waals surface area contributed by atoms with E-state index in [1.165, 1.54) is 16.2 Å². The quantitative estimate of drug-likeness (QED) is 0.749. The van der Waals surface area contributed by atoms with Crippen LogP contribution in [0.5, 0.6) is 0 Å². The fraction of sp³-hybridized carbons (Fsp3) is 0.188. The normalized spacial score (nSPS) is 13.1. The summed E-state index contributed by atoms with van der Waals surface area (Å²) in [6.45, 7) is 1.85. The third kappa shape index (κ3) is 2.80. The first-order valence-electron chi connectivity index (χ1n) is 7.79. The Morgan fingerprint density at radius 1 is 1.27 bits per heavy atom. The maximum absolute atomic E-state index is 12.6. The van der Waals surface area contributed by atoms with Gasteiger partial charge in [0, 0.05) is 17.3 Å². The van der Waals surface area contributed by atoms with Gasteiger partial charge in [0.1, 0.15) is 6.54 Å². The summed E-state index contributed by atoms with van der Waals surface area (Å²) in [6.07, 6.45) is 1.57. The van der Waals surface area contributed by atoms with E-state index in [4.69, 9.17) is 0 Å². The van der Waals surface area contributed by atoms with Gasteiger partial charge in [-0.25, -0.2) is 19.3 Å². The zero-order valence-corrected chi connectivity index (χ0v) is 14.6. The molecule has 10 heteroatoms. The summed E-state index contributed by atoms with van der Waals surface area (Å²) in [6, 6.07) is 6.95. The number of carbonyl (C=O) groups is 2. The third-order valence-corrected chi connectivity index (χ3v) is 4.63. The minimum absolute atomic E-state index is 0.179. The fourth-order valence-electron chi connectivity index (χ4n) is 2.69. The Labute approximate surface area is 151 Å². The summed E-state index contributed by atoms with van der Waals surface area (Å²) in [7, 11) is 0.